The first kappa shape index (κ1) is 6.02. The standard InChI is InChI=1S/C5H6BClO2/c6-5-2(7)1-3(8)4(1)9-5/h1-5,8H/t1?,2-,3?,4-,5+/m0/s1. The first-order valence-corrected chi connectivity index (χ1v) is 3.38. The van der Waals surface area contributed by atoms with Gasteiger partial charge in [-0.25, -0.2) is 0 Å². The Bertz CT molecular complexity index is 143. The maximum Gasteiger partial charge on any atom is 0.111 e. The Balaban J connectivity index is 2.07. The summed E-state index contributed by atoms with van der Waals surface area (Å²) in [4.78, 5) is 0. The minimum absolute atomic E-state index is 0.0671. The largest absolute Gasteiger partial charge is 0.390 e. The molecule has 1 saturated heterocycles. The van der Waals surface area contributed by atoms with E-state index in [1.54, 1.807) is 0 Å². The SMILES string of the molecule is [B][C@@H]1O[C@@H]2C(O)C2[C@@H]1Cl. The minimum atomic E-state index is -0.370. The Morgan fingerprint density at radius 1 is 1.56 bits per heavy atom. The van der Waals surface area contributed by atoms with Crippen LogP contribution in [0.1, 0.15) is 0 Å². The maximum atomic E-state index is 8.97. The third-order valence-corrected chi connectivity index (χ3v) is 2.50. The third kappa shape index (κ3) is 0.657. The van der Waals surface area contributed by atoms with Gasteiger partial charge in [-0.05, 0) is 0 Å². The van der Waals surface area contributed by atoms with Crippen molar-refractivity contribution in [2.45, 2.75) is 23.6 Å². The molecule has 5 atom stereocenters. The fraction of sp³-hybridized carbons (Fsp3) is 1.00. The second kappa shape index (κ2) is 1.65. The van der Waals surface area contributed by atoms with Gasteiger partial charge < -0.3 is 9.84 Å². The van der Waals surface area contributed by atoms with Crippen molar-refractivity contribution in [3.63, 3.8) is 0 Å². The van der Waals surface area contributed by atoms with Gasteiger partial charge in [0.25, 0.3) is 0 Å². The second-order valence-electron chi connectivity index (χ2n) is 2.58. The molecule has 0 aromatic carbocycles. The van der Waals surface area contributed by atoms with Crippen LogP contribution >= 0.6 is 11.6 Å². The predicted molar refractivity (Wildman–Crippen MR) is 33.6 cm³/mol. The van der Waals surface area contributed by atoms with E-state index in [4.69, 9.17) is 29.3 Å². The molecular weight excluding hydrogens is 138 g/mol. The summed E-state index contributed by atoms with van der Waals surface area (Å²) in [6.45, 7) is 0. The van der Waals surface area contributed by atoms with Crippen molar-refractivity contribution in [2.75, 3.05) is 0 Å². The van der Waals surface area contributed by atoms with Gasteiger partial charge in [-0.2, -0.15) is 0 Å². The number of alkyl halides is 1. The van der Waals surface area contributed by atoms with Crippen LogP contribution in [0.15, 0.2) is 0 Å². The average Bonchev–Trinajstić information content (AvgIpc) is 2.29. The van der Waals surface area contributed by atoms with Crippen LogP contribution in [-0.2, 0) is 4.74 Å². The highest BCUT2D eigenvalue weighted by Gasteiger charge is 2.61. The van der Waals surface area contributed by atoms with Gasteiger partial charge in [0.2, 0.25) is 0 Å². The van der Waals surface area contributed by atoms with Crippen molar-refractivity contribution >= 4 is 19.4 Å². The van der Waals surface area contributed by atoms with Crippen molar-refractivity contribution < 1.29 is 9.84 Å². The van der Waals surface area contributed by atoms with Gasteiger partial charge in [0.05, 0.1) is 17.6 Å². The molecule has 4 heteroatoms. The topological polar surface area (TPSA) is 29.5 Å². The highest BCUT2D eigenvalue weighted by atomic mass is 35.5. The molecule has 0 bridgehead atoms. The smallest absolute Gasteiger partial charge is 0.111 e. The zero-order valence-electron chi connectivity index (χ0n) is 4.70. The highest BCUT2D eigenvalue weighted by molar-refractivity contribution is 6.27. The molecule has 0 spiro atoms. The molecule has 1 aliphatic heterocycles. The number of ether oxygens (including phenoxy) is 1. The van der Waals surface area contributed by atoms with Crippen LogP contribution in [0.2, 0.25) is 0 Å². The number of aliphatic hydroxyl groups excluding tert-OH is 1. The van der Waals surface area contributed by atoms with Gasteiger partial charge in [-0.3, -0.25) is 0 Å². The van der Waals surface area contributed by atoms with E-state index >= 15 is 0 Å². The first-order valence-electron chi connectivity index (χ1n) is 2.95. The maximum absolute atomic E-state index is 8.97. The van der Waals surface area contributed by atoms with E-state index in [0.717, 1.165) is 0 Å². The van der Waals surface area contributed by atoms with Gasteiger partial charge in [0.15, 0.2) is 0 Å². The summed E-state index contributed by atoms with van der Waals surface area (Å²) in [5.41, 5.74) is 0. The quantitative estimate of drug-likeness (QED) is 0.366. The molecule has 1 heterocycles. The molecule has 2 unspecified atom stereocenters. The predicted octanol–water partition coefficient (Wildman–Crippen LogP) is -0.522. The molecule has 1 aliphatic carbocycles. The number of hydrogen-bond acceptors (Lipinski definition) is 2. The van der Waals surface area contributed by atoms with E-state index in [1.165, 1.54) is 0 Å². The van der Waals surface area contributed by atoms with Crippen LogP contribution in [0.4, 0.5) is 0 Å². The molecule has 2 rings (SSSR count). The lowest BCUT2D eigenvalue weighted by Gasteiger charge is -2.11. The van der Waals surface area contributed by atoms with Crippen molar-refractivity contribution in [1.29, 1.82) is 0 Å². The summed E-state index contributed by atoms with van der Waals surface area (Å²) in [5, 5.41) is 8.78. The van der Waals surface area contributed by atoms with E-state index in [-0.39, 0.29) is 29.5 Å². The Kier molecular flexibility index (Phi) is 1.11. The summed E-state index contributed by atoms with van der Waals surface area (Å²) in [6.07, 6.45) is -0.421. The van der Waals surface area contributed by atoms with Crippen LogP contribution in [0, 0.1) is 5.92 Å². The van der Waals surface area contributed by atoms with E-state index in [1.807, 2.05) is 0 Å². The van der Waals surface area contributed by atoms with Crippen molar-refractivity contribution in [3.8, 4) is 0 Å². The normalized spacial score (nSPS) is 63.6. The molecule has 1 N–H and O–H groups in total. The Labute approximate surface area is 59.6 Å². The summed E-state index contributed by atoms with van der Waals surface area (Å²) < 4.78 is 5.06. The monoisotopic (exact) mass is 144 g/mol. The summed E-state index contributed by atoms with van der Waals surface area (Å²) in [5.74, 6) is 0.0988. The van der Waals surface area contributed by atoms with E-state index < -0.39 is 0 Å². The third-order valence-electron chi connectivity index (χ3n) is 1.97. The fourth-order valence-corrected chi connectivity index (χ4v) is 1.66. The molecule has 1 saturated carbocycles. The number of fused-ring (bicyclic) bond motifs is 1. The van der Waals surface area contributed by atoms with Gasteiger partial charge in [-0.15, -0.1) is 11.6 Å². The lowest BCUT2D eigenvalue weighted by atomic mass is 9.95. The average molecular weight is 144 g/mol. The van der Waals surface area contributed by atoms with Crippen molar-refractivity contribution in [1.82, 2.24) is 0 Å². The van der Waals surface area contributed by atoms with Crippen LogP contribution in [0.5, 0.6) is 0 Å². The van der Waals surface area contributed by atoms with Crippen LogP contribution in [0.25, 0.3) is 0 Å². The fourth-order valence-electron chi connectivity index (χ4n) is 1.31. The van der Waals surface area contributed by atoms with Crippen LogP contribution in [-0.4, -0.2) is 36.5 Å². The lowest BCUT2D eigenvalue weighted by molar-refractivity contribution is 0.0746. The molecule has 2 aliphatic rings. The zero-order chi connectivity index (χ0) is 6.59. The molecule has 0 aromatic rings. The summed E-state index contributed by atoms with van der Waals surface area (Å²) in [7, 11) is 5.40. The van der Waals surface area contributed by atoms with Gasteiger partial charge in [0, 0.05) is 11.9 Å². The molecule has 2 radical (unpaired) electrons. The van der Waals surface area contributed by atoms with Gasteiger partial charge in [0.1, 0.15) is 7.85 Å². The molecule has 2 nitrogen and oxygen atoms in total. The molecule has 0 aromatic heterocycles. The minimum Gasteiger partial charge on any atom is -0.390 e. The van der Waals surface area contributed by atoms with Crippen LogP contribution < -0.4 is 0 Å². The molecule has 9 heavy (non-hydrogen) atoms. The number of halogens is 1. The lowest BCUT2D eigenvalue weighted by Crippen LogP contribution is -2.24. The summed E-state index contributed by atoms with van der Waals surface area (Å²) in [6, 6.07) is -0.370. The van der Waals surface area contributed by atoms with Gasteiger partial charge >= 0.3 is 0 Å². The zero-order valence-corrected chi connectivity index (χ0v) is 5.45. The Morgan fingerprint density at radius 3 is 2.56 bits per heavy atom. The molecular formula is C5H6BClO2. The van der Waals surface area contributed by atoms with Crippen LogP contribution in [0.3, 0.4) is 0 Å². The van der Waals surface area contributed by atoms with Crippen molar-refractivity contribution in [3.05, 3.63) is 0 Å². The van der Waals surface area contributed by atoms with E-state index in [2.05, 4.69) is 0 Å². The molecule has 0 amide bonds. The number of hydrogen-bond donors (Lipinski definition) is 1. The molecule has 48 valence electrons. The highest BCUT2D eigenvalue weighted by Crippen LogP contribution is 2.47. The summed E-state index contributed by atoms with van der Waals surface area (Å²) >= 11 is 5.74. The second-order valence-corrected chi connectivity index (χ2v) is 3.08. The Hall–Kier alpha value is 0.275. The number of aliphatic hydroxyl groups is 1. The molecule has 2 fully saturated rings. The first-order chi connectivity index (χ1) is 4.22. The number of rotatable bonds is 0. The van der Waals surface area contributed by atoms with Crippen molar-refractivity contribution in [2.24, 2.45) is 5.92 Å². The van der Waals surface area contributed by atoms with Gasteiger partial charge in [-0.1, -0.05) is 0 Å². The Morgan fingerprint density at radius 2 is 2.22 bits per heavy atom. The van der Waals surface area contributed by atoms with E-state index in [9.17, 15) is 0 Å². The van der Waals surface area contributed by atoms with E-state index in [0.29, 0.717) is 0 Å².